The summed E-state index contributed by atoms with van der Waals surface area (Å²) in [6, 6.07) is 13.4. The predicted octanol–water partition coefficient (Wildman–Crippen LogP) is 8.36. The molecule has 0 aromatic heterocycles. The first-order valence-electron chi connectivity index (χ1n) is 33.4. The minimum atomic E-state index is -2.26. The van der Waals surface area contributed by atoms with Crippen LogP contribution in [-0.2, 0) is 51.3 Å². The zero-order chi connectivity index (χ0) is 76.9. The van der Waals surface area contributed by atoms with Crippen molar-refractivity contribution >= 4 is 88.5 Å². The number of phenolic OH excluding ortho intramolecular Hbond substituents is 6. The molecule has 558 valence electrons. The van der Waals surface area contributed by atoms with Gasteiger partial charge in [-0.05, 0) is 151 Å². The molecule has 0 spiro atoms. The molecular formula is C75H67Cl3N10O20. The molecule has 17 bridgehead atoms. The lowest BCUT2D eigenvalue weighted by Gasteiger charge is -2.34. The number of alkyl carbamates (subject to hydrolysis) is 1. The van der Waals surface area contributed by atoms with Gasteiger partial charge in [-0.25, -0.2) is 9.59 Å². The molecule has 30 nitrogen and oxygen atoms in total. The highest BCUT2D eigenvalue weighted by Crippen LogP contribution is 2.50. The summed E-state index contributed by atoms with van der Waals surface area (Å²) in [6.45, 7) is 5.88. The van der Waals surface area contributed by atoms with Gasteiger partial charge in [-0.3, -0.25) is 38.7 Å². The number of carbonyl (C=O) groups excluding carboxylic acids is 7. The van der Waals surface area contributed by atoms with E-state index in [1.807, 2.05) is 4.90 Å². The number of amides is 7. The number of aliphatic carboxylic acids is 1. The van der Waals surface area contributed by atoms with Crippen LogP contribution in [0.2, 0.25) is 15.1 Å². The van der Waals surface area contributed by atoms with E-state index in [0.29, 0.717) is 31.2 Å². The number of fused-ring (bicyclic) bond motifs is 14. The van der Waals surface area contributed by atoms with Gasteiger partial charge in [0.25, 0.3) is 0 Å². The summed E-state index contributed by atoms with van der Waals surface area (Å²) in [5, 5.41) is 119. The number of hydrogen-bond acceptors (Lipinski definition) is 22. The van der Waals surface area contributed by atoms with Crippen LogP contribution in [0, 0.1) is 0 Å². The van der Waals surface area contributed by atoms with Crippen molar-refractivity contribution in [3.8, 4) is 80.1 Å². The molecule has 1 unspecified atom stereocenters. The number of carboxylic acid groups (broad SMARTS) is 1. The average Bonchev–Trinajstić information content (AvgIpc) is 0.751. The van der Waals surface area contributed by atoms with Gasteiger partial charge < -0.3 is 97.0 Å². The molecular weight excluding hydrogens is 1470 g/mol. The molecule has 0 radical (unpaired) electrons. The van der Waals surface area contributed by atoms with Crippen molar-refractivity contribution in [1.29, 1.82) is 0 Å². The van der Waals surface area contributed by atoms with Crippen LogP contribution in [0.25, 0.3) is 11.1 Å². The fourth-order valence-corrected chi connectivity index (χ4v) is 13.5. The van der Waals surface area contributed by atoms with Crippen molar-refractivity contribution in [1.82, 2.24) is 47.1 Å². The van der Waals surface area contributed by atoms with Crippen LogP contribution in [0.4, 0.5) is 4.79 Å². The van der Waals surface area contributed by atoms with Crippen LogP contribution in [0.15, 0.2) is 139 Å². The Hall–Kier alpha value is -12.2. The van der Waals surface area contributed by atoms with E-state index in [0.717, 1.165) is 66.2 Å². The lowest BCUT2D eigenvalue weighted by molar-refractivity contribution is -0.143. The Balaban J connectivity index is 0.963. The fraction of sp³-hybridized carbons (Fsp3) is 0.240. The zero-order valence-corrected chi connectivity index (χ0v) is 59.4. The summed E-state index contributed by atoms with van der Waals surface area (Å²) in [7, 11) is 0. The molecule has 8 aromatic rings. The number of benzene rings is 8. The number of aromatic hydroxyl groups is 6. The SMILES string of the molecule is CC(C)(C)OC(=O)N[C@H]1C(=O)N[C@H]2Cc3ccc(c(Cl)c3)Oc3cc4cc(c3O)Oc3ccc(cc3Cl)C(O)[C@@H]3NC(=O)[C@@H](NC(=O)[C@H]4NC(=O)[C@@H](NC2=O)c2cc(O)cc(c2)Oc2cc1ccc2O)c1ccc(O)c(c1)-c1c(cc(O)c(CN2CCN(/N=C/c4ccc(Cl)cc4)CC2)c1O)[C@@H](C(=O)O)NC3=O. The molecule has 7 aliphatic rings. The molecule has 108 heavy (non-hydrogen) atoms. The van der Waals surface area contributed by atoms with E-state index in [-0.39, 0.29) is 78.5 Å². The van der Waals surface area contributed by atoms with Crippen LogP contribution in [0.5, 0.6) is 69.0 Å². The zero-order valence-electron chi connectivity index (χ0n) is 57.1. The minimum Gasteiger partial charge on any atom is -0.508 e. The Labute approximate surface area is 628 Å². The summed E-state index contributed by atoms with van der Waals surface area (Å²) >= 11 is 20.0. The minimum absolute atomic E-state index is 0.0145. The van der Waals surface area contributed by atoms with Crippen molar-refractivity contribution in [2.75, 3.05) is 26.2 Å². The molecule has 1 saturated heterocycles. The molecule has 33 heteroatoms. The molecule has 8 aromatic carbocycles. The maximum Gasteiger partial charge on any atom is 0.408 e. The van der Waals surface area contributed by atoms with Gasteiger partial charge in [0.2, 0.25) is 41.2 Å². The standard InChI is InChI=1S/C75H67Cl3N10O20/c1-75(2,3)108-74(104)86-59-36-8-13-50(91)54(26-36)105-42-23-38(22-41(89)29-42)60-70(99)83-61-39-27-55(106-52-14-6-34(20-46(52)77)21-48(67(96)81-60)80-68(59)97)66(95)56(28-39)107-53-15-9-37(25-47(53)78)64(93)63-72(101)84-62(73(102)103)44-30-51(92)45(32-87-16-18-88(19-17-87)79-31-33-4-10-40(76)11-5-33)65(94)57(44)43-24-35(7-12-49(43)90)58(69(98)85-63)82-71(61)100/h4-15,20,22-31,48,58-64,89-95H,16-19,21,32H2,1-3H3,(H,80,97)(H,81,96)(H,82,100)(H,83,99)(H,84,101)(H,85,98)(H,86,104)(H,102,103)/b79-31+/t48-,58-,59+,60-,61-,62-,63-,64?/m0/s1. The van der Waals surface area contributed by atoms with Crippen molar-refractivity contribution in [2.24, 2.45) is 5.10 Å². The monoisotopic (exact) mass is 1530 g/mol. The number of halogens is 3. The predicted molar refractivity (Wildman–Crippen MR) is 386 cm³/mol. The number of aliphatic hydroxyl groups excluding tert-OH is 1. The van der Waals surface area contributed by atoms with Crippen LogP contribution in [0.3, 0.4) is 0 Å². The van der Waals surface area contributed by atoms with E-state index in [1.165, 1.54) is 48.5 Å². The molecule has 0 aliphatic carbocycles. The lowest BCUT2D eigenvalue weighted by Crippen LogP contribution is -2.55. The molecule has 7 aliphatic heterocycles. The van der Waals surface area contributed by atoms with Crippen LogP contribution >= 0.6 is 34.8 Å². The van der Waals surface area contributed by atoms with E-state index >= 15 is 24.0 Å². The number of phenols is 6. The Morgan fingerprint density at radius 3 is 1.83 bits per heavy atom. The average molecular weight is 1530 g/mol. The van der Waals surface area contributed by atoms with Crippen molar-refractivity contribution in [3.63, 3.8) is 0 Å². The van der Waals surface area contributed by atoms with Gasteiger partial charge in [0.1, 0.15) is 88.2 Å². The normalized spacial score (nSPS) is 21.0. The number of piperazine rings is 1. The summed E-state index contributed by atoms with van der Waals surface area (Å²) in [4.78, 5) is 122. The highest BCUT2D eigenvalue weighted by atomic mass is 35.5. The maximum atomic E-state index is 16.2. The number of carbonyl (C=O) groups is 8. The van der Waals surface area contributed by atoms with E-state index in [1.54, 1.807) is 56.3 Å². The number of hydrogen-bond donors (Lipinski definition) is 15. The van der Waals surface area contributed by atoms with E-state index in [4.69, 9.17) is 53.8 Å². The largest absolute Gasteiger partial charge is 0.508 e. The highest BCUT2D eigenvalue weighted by Gasteiger charge is 2.43. The quantitative estimate of drug-likeness (QED) is 0.0695. The van der Waals surface area contributed by atoms with E-state index < -0.39 is 171 Å². The first-order chi connectivity index (χ1) is 51.4. The third-order valence-corrected chi connectivity index (χ3v) is 19.2. The third kappa shape index (κ3) is 15.8. The van der Waals surface area contributed by atoms with Gasteiger partial charge >= 0.3 is 12.1 Å². The number of nitrogens with zero attached hydrogens (tertiary/aromatic N) is 3. The maximum absolute atomic E-state index is 16.2. The number of nitrogens with one attached hydrogen (secondary N) is 7. The fourth-order valence-electron chi connectivity index (χ4n) is 12.9. The lowest BCUT2D eigenvalue weighted by atomic mass is 9.88. The van der Waals surface area contributed by atoms with E-state index in [2.05, 4.69) is 42.3 Å². The second-order valence-corrected chi connectivity index (χ2v) is 28.2. The summed E-state index contributed by atoms with van der Waals surface area (Å²) in [5.74, 6) is -15.7. The Morgan fingerprint density at radius 2 is 1.18 bits per heavy atom. The van der Waals surface area contributed by atoms with Gasteiger partial charge in [0.05, 0.1) is 21.8 Å². The molecule has 15 rings (SSSR count). The molecule has 15 N–H and O–H groups in total. The Bertz CT molecular complexity index is 5050. The van der Waals surface area contributed by atoms with Gasteiger partial charge in [-0.2, -0.15) is 5.10 Å². The number of aliphatic hydroxyl groups is 1. The first kappa shape index (κ1) is 74.1. The topological polar surface area (TPSA) is 438 Å². The van der Waals surface area contributed by atoms with Gasteiger partial charge in [-0.1, -0.05) is 71.2 Å². The number of rotatable bonds is 6. The molecule has 8 atom stereocenters. The molecule has 7 amide bonds. The summed E-state index contributed by atoms with van der Waals surface area (Å²) < 4.78 is 24.2. The second-order valence-electron chi connectivity index (χ2n) is 27.0. The Kier molecular flexibility index (Phi) is 20.6. The number of hydrazone groups is 1. The summed E-state index contributed by atoms with van der Waals surface area (Å²) in [5.41, 5.74) is -2.90. The number of ether oxygens (including phenoxy) is 4. The van der Waals surface area contributed by atoms with Gasteiger partial charge in [0, 0.05) is 66.9 Å². The summed E-state index contributed by atoms with van der Waals surface area (Å²) in [6.07, 6.45) is -2.06. The van der Waals surface area contributed by atoms with E-state index in [9.17, 15) is 55.2 Å². The van der Waals surface area contributed by atoms with Crippen molar-refractivity contribution in [3.05, 3.63) is 199 Å². The number of carboxylic acids is 1. The Morgan fingerprint density at radius 1 is 0.574 bits per heavy atom. The third-order valence-electron chi connectivity index (χ3n) is 18.3. The van der Waals surface area contributed by atoms with Crippen LogP contribution in [-0.4, -0.2) is 148 Å². The molecule has 7 heterocycles. The van der Waals surface area contributed by atoms with Crippen molar-refractivity contribution < 1.29 is 98.2 Å². The highest BCUT2D eigenvalue weighted by molar-refractivity contribution is 6.32. The van der Waals surface area contributed by atoms with Crippen LogP contribution < -0.4 is 51.4 Å². The van der Waals surface area contributed by atoms with Gasteiger partial charge in [0.15, 0.2) is 29.0 Å². The molecule has 1 fully saturated rings. The second kappa shape index (κ2) is 30.0. The first-order valence-corrected chi connectivity index (χ1v) is 34.6. The van der Waals surface area contributed by atoms with Gasteiger partial charge in [-0.15, -0.1) is 0 Å². The smallest absolute Gasteiger partial charge is 0.408 e. The van der Waals surface area contributed by atoms with Crippen molar-refractivity contribution in [2.45, 2.75) is 87.7 Å². The molecule has 0 saturated carbocycles. The van der Waals surface area contributed by atoms with Crippen LogP contribution in [0.1, 0.15) is 107 Å².